The van der Waals surface area contributed by atoms with Crippen molar-refractivity contribution in [2.75, 3.05) is 20.1 Å². The number of carbonyl (C=O) groups is 1. The van der Waals surface area contributed by atoms with Gasteiger partial charge in [0.15, 0.2) is 5.96 Å². The highest BCUT2D eigenvalue weighted by molar-refractivity contribution is 7.09. The first kappa shape index (κ1) is 17.9. The van der Waals surface area contributed by atoms with Gasteiger partial charge in [-0.2, -0.15) is 0 Å². The second-order valence-electron chi connectivity index (χ2n) is 5.09. The molecule has 3 N–H and O–H groups in total. The summed E-state index contributed by atoms with van der Waals surface area (Å²) in [4.78, 5) is 17.2. The van der Waals surface area contributed by atoms with Crippen molar-refractivity contribution in [2.45, 2.75) is 13.0 Å². The summed E-state index contributed by atoms with van der Waals surface area (Å²) in [5, 5.41) is 11.2. The topological polar surface area (TPSA) is 65.5 Å². The summed E-state index contributed by atoms with van der Waals surface area (Å²) >= 11 is 1.68. The van der Waals surface area contributed by atoms with Gasteiger partial charge < -0.3 is 16.0 Å². The fraction of sp³-hybridized carbons (Fsp3) is 0.294. The second kappa shape index (κ2) is 9.67. The van der Waals surface area contributed by atoms with E-state index in [1.807, 2.05) is 11.4 Å². The highest BCUT2D eigenvalue weighted by atomic mass is 32.1. The van der Waals surface area contributed by atoms with E-state index in [0.717, 1.165) is 0 Å². The van der Waals surface area contributed by atoms with E-state index in [0.29, 0.717) is 31.2 Å². The van der Waals surface area contributed by atoms with Gasteiger partial charge in [0, 0.05) is 25.0 Å². The predicted molar refractivity (Wildman–Crippen MR) is 95.6 cm³/mol. The third-order valence-electron chi connectivity index (χ3n) is 3.23. The standard InChI is InChI=1S/C17H21FN4OS/c1-19-17(22-12-15-6-3-9-24-15)21-8-7-20-16(23)11-13-4-2-5-14(18)10-13/h2-6,9-10H,7-8,11-12H2,1H3,(H,20,23)(H2,19,21,22). The van der Waals surface area contributed by atoms with Crippen LogP contribution in [0.5, 0.6) is 0 Å². The third-order valence-corrected chi connectivity index (χ3v) is 4.10. The number of hydrogen-bond donors (Lipinski definition) is 3. The normalized spacial score (nSPS) is 11.2. The van der Waals surface area contributed by atoms with E-state index in [1.165, 1.54) is 17.0 Å². The Hall–Kier alpha value is -2.41. The molecule has 1 heterocycles. The molecule has 7 heteroatoms. The van der Waals surface area contributed by atoms with Crippen LogP contribution in [0.3, 0.4) is 0 Å². The maximum absolute atomic E-state index is 13.1. The van der Waals surface area contributed by atoms with Crippen LogP contribution in [0.1, 0.15) is 10.4 Å². The van der Waals surface area contributed by atoms with Crippen LogP contribution in [0.2, 0.25) is 0 Å². The first-order valence-corrected chi connectivity index (χ1v) is 8.53. The zero-order valence-electron chi connectivity index (χ0n) is 13.5. The Balaban J connectivity index is 1.63. The highest BCUT2D eigenvalue weighted by Gasteiger charge is 2.04. The summed E-state index contributed by atoms with van der Waals surface area (Å²) in [6.07, 6.45) is 0.170. The molecule has 0 aliphatic heterocycles. The molecule has 0 saturated heterocycles. The molecule has 0 bridgehead atoms. The average molecular weight is 348 g/mol. The van der Waals surface area contributed by atoms with E-state index in [-0.39, 0.29) is 18.1 Å². The molecule has 0 atom stereocenters. The summed E-state index contributed by atoms with van der Waals surface area (Å²) in [6, 6.07) is 10.1. The lowest BCUT2D eigenvalue weighted by atomic mass is 10.1. The molecular weight excluding hydrogens is 327 g/mol. The molecule has 2 aromatic rings. The first-order chi connectivity index (χ1) is 11.7. The molecule has 24 heavy (non-hydrogen) atoms. The molecule has 0 aliphatic rings. The molecule has 128 valence electrons. The number of thiophene rings is 1. The van der Waals surface area contributed by atoms with Gasteiger partial charge in [-0.05, 0) is 29.1 Å². The van der Waals surface area contributed by atoms with Crippen molar-refractivity contribution >= 4 is 23.2 Å². The third kappa shape index (κ3) is 6.37. The van der Waals surface area contributed by atoms with Crippen molar-refractivity contribution in [2.24, 2.45) is 4.99 Å². The Morgan fingerprint density at radius 3 is 2.71 bits per heavy atom. The number of halogens is 1. The number of rotatable bonds is 7. The van der Waals surface area contributed by atoms with E-state index in [2.05, 4.69) is 27.0 Å². The summed E-state index contributed by atoms with van der Waals surface area (Å²) in [6.45, 7) is 1.73. The number of benzene rings is 1. The lowest BCUT2D eigenvalue weighted by molar-refractivity contribution is -0.120. The van der Waals surface area contributed by atoms with Gasteiger partial charge in [-0.1, -0.05) is 18.2 Å². The quantitative estimate of drug-likeness (QED) is 0.407. The van der Waals surface area contributed by atoms with E-state index in [9.17, 15) is 9.18 Å². The van der Waals surface area contributed by atoms with Crippen molar-refractivity contribution in [3.05, 3.63) is 58.0 Å². The Labute approximate surface area is 145 Å². The predicted octanol–water partition coefficient (Wildman–Crippen LogP) is 1.91. The maximum atomic E-state index is 13.1. The van der Waals surface area contributed by atoms with E-state index in [4.69, 9.17) is 0 Å². The lowest BCUT2D eigenvalue weighted by Crippen LogP contribution is -2.41. The van der Waals surface area contributed by atoms with Gasteiger partial charge in [-0.15, -0.1) is 11.3 Å². The van der Waals surface area contributed by atoms with Crippen LogP contribution in [0, 0.1) is 5.82 Å². The van der Waals surface area contributed by atoms with E-state index < -0.39 is 0 Å². The Morgan fingerprint density at radius 2 is 2.00 bits per heavy atom. The number of aliphatic imine (C=N–C) groups is 1. The highest BCUT2D eigenvalue weighted by Crippen LogP contribution is 2.07. The number of hydrogen-bond acceptors (Lipinski definition) is 3. The SMILES string of the molecule is CN=C(NCCNC(=O)Cc1cccc(F)c1)NCc1cccs1. The molecule has 0 unspecified atom stereocenters. The van der Waals surface area contributed by atoms with Crippen molar-refractivity contribution < 1.29 is 9.18 Å². The van der Waals surface area contributed by atoms with Gasteiger partial charge in [-0.25, -0.2) is 4.39 Å². The van der Waals surface area contributed by atoms with E-state index in [1.54, 1.807) is 30.5 Å². The fourth-order valence-corrected chi connectivity index (χ4v) is 2.73. The summed E-state index contributed by atoms with van der Waals surface area (Å²) in [7, 11) is 1.70. The van der Waals surface area contributed by atoms with Crippen LogP contribution in [0.15, 0.2) is 46.8 Å². The molecule has 0 saturated carbocycles. The van der Waals surface area contributed by atoms with Gasteiger partial charge in [-0.3, -0.25) is 9.79 Å². The molecule has 0 radical (unpaired) electrons. The van der Waals surface area contributed by atoms with Gasteiger partial charge in [0.1, 0.15) is 5.82 Å². The van der Waals surface area contributed by atoms with Crippen LogP contribution >= 0.6 is 11.3 Å². The monoisotopic (exact) mass is 348 g/mol. The first-order valence-electron chi connectivity index (χ1n) is 7.65. The molecule has 2 rings (SSSR count). The maximum Gasteiger partial charge on any atom is 0.224 e. The number of nitrogens with one attached hydrogen (secondary N) is 3. The molecule has 5 nitrogen and oxygen atoms in total. The minimum absolute atomic E-state index is 0.135. The average Bonchev–Trinajstić information content (AvgIpc) is 3.07. The Bertz CT molecular complexity index is 673. The minimum atomic E-state index is -0.331. The molecule has 0 fully saturated rings. The lowest BCUT2D eigenvalue weighted by Gasteiger charge is -2.11. The van der Waals surface area contributed by atoms with Crippen molar-refractivity contribution in [3.8, 4) is 0 Å². The van der Waals surface area contributed by atoms with Crippen LogP contribution in [-0.4, -0.2) is 32.0 Å². The zero-order valence-corrected chi connectivity index (χ0v) is 14.3. The van der Waals surface area contributed by atoms with Crippen molar-refractivity contribution in [1.29, 1.82) is 0 Å². The largest absolute Gasteiger partial charge is 0.355 e. The van der Waals surface area contributed by atoms with Gasteiger partial charge >= 0.3 is 0 Å². The van der Waals surface area contributed by atoms with Crippen LogP contribution in [0.4, 0.5) is 4.39 Å². The summed E-state index contributed by atoms with van der Waals surface area (Å²) in [5.41, 5.74) is 0.661. The smallest absolute Gasteiger partial charge is 0.224 e. The fourth-order valence-electron chi connectivity index (χ4n) is 2.08. The minimum Gasteiger partial charge on any atom is -0.355 e. The molecule has 1 amide bonds. The van der Waals surface area contributed by atoms with E-state index >= 15 is 0 Å². The Morgan fingerprint density at radius 1 is 1.17 bits per heavy atom. The molecule has 0 aliphatic carbocycles. The Kier molecular flexibility index (Phi) is 7.22. The van der Waals surface area contributed by atoms with Crippen molar-refractivity contribution in [1.82, 2.24) is 16.0 Å². The molecule has 0 spiro atoms. The summed E-state index contributed by atoms with van der Waals surface area (Å²) in [5.74, 6) is 0.217. The molecule has 1 aromatic heterocycles. The van der Waals surface area contributed by atoms with Gasteiger partial charge in [0.25, 0.3) is 0 Å². The molecular formula is C17H21FN4OS. The summed E-state index contributed by atoms with van der Waals surface area (Å²) < 4.78 is 13.1. The second-order valence-corrected chi connectivity index (χ2v) is 6.12. The van der Waals surface area contributed by atoms with Crippen molar-refractivity contribution in [3.63, 3.8) is 0 Å². The number of amides is 1. The van der Waals surface area contributed by atoms with Crippen LogP contribution in [-0.2, 0) is 17.8 Å². The number of carbonyl (C=O) groups excluding carboxylic acids is 1. The number of guanidine groups is 1. The van der Waals surface area contributed by atoms with Crippen LogP contribution in [0.25, 0.3) is 0 Å². The number of nitrogens with zero attached hydrogens (tertiary/aromatic N) is 1. The molecule has 1 aromatic carbocycles. The zero-order chi connectivity index (χ0) is 17.2. The van der Waals surface area contributed by atoms with Gasteiger partial charge in [0.05, 0.1) is 13.0 Å². The van der Waals surface area contributed by atoms with Crippen LogP contribution < -0.4 is 16.0 Å². The van der Waals surface area contributed by atoms with Gasteiger partial charge in [0.2, 0.25) is 5.91 Å².